The third kappa shape index (κ3) is 0.862. The zero-order valence-corrected chi connectivity index (χ0v) is 5.77. The smallest absolute Gasteiger partial charge is 0.0971 e. The van der Waals surface area contributed by atoms with Crippen molar-refractivity contribution in [3.63, 3.8) is 0 Å². The van der Waals surface area contributed by atoms with Crippen LogP contribution in [0.1, 0.15) is 17.3 Å². The average molecular weight is 140 g/mol. The van der Waals surface area contributed by atoms with Crippen molar-refractivity contribution in [3.8, 4) is 0 Å². The molecule has 0 aromatic carbocycles. The van der Waals surface area contributed by atoms with Crippen LogP contribution in [0.5, 0.6) is 0 Å². The molecule has 1 fully saturated rings. The quantitative estimate of drug-likeness (QED) is 0.631. The highest BCUT2D eigenvalue weighted by atomic mass is 32.1. The lowest BCUT2D eigenvalue weighted by molar-refractivity contribution is 0.975. The van der Waals surface area contributed by atoms with Gasteiger partial charge in [-0.3, -0.25) is 0 Å². The third-order valence-electron chi connectivity index (χ3n) is 1.61. The molecule has 1 saturated carbocycles. The number of nitrogens with zero attached hydrogens (tertiary/aromatic N) is 1. The van der Waals surface area contributed by atoms with E-state index in [1.54, 1.807) is 11.3 Å². The van der Waals surface area contributed by atoms with Crippen LogP contribution in [0.2, 0.25) is 0 Å². The van der Waals surface area contributed by atoms with Crippen molar-refractivity contribution in [1.82, 2.24) is 4.98 Å². The SMILES string of the molecule is N[C@@H]1C[C@@H]1c1nccs1. The molecule has 0 unspecified atom stereocenters. The van der Waals surface area contributed by atoms with Gasteiger partial charge in [0.25, 0.3) is 0 Å². The van der Waals surface area contributed by atoms with E-state index < -0.39 is 0 Å². The first-order chi connectivity index (χ1) is 4.38. The number of aromatic nitrogens is 1. The van der Waals surface area contributed by atoms with Gasteiger partial charge in [0.2, 0.25) is 0 Å². The van der Waals surface area contributed by atoms with Crippen molar-refractivity contribution >= 4 is 11.3 Å². The van der Waals surface area contributed by atoms with E-state index in [9.17, 15) is 0 Å². The Hall–Kier alpha value is -0.410. The average Bonchev–Trinajstić information content (AvgIpc) is 2.44. The van der Waals surface area contributed by atoms with Crippen LogP contribution in [-0.2, 0) is 0 Å². The van der Waals surface area contributed by atoms with Gasteiger partial charge < -0.3 is 5.73 Å². The molecule has 48 valence electrons. The van der Waals surface area contributed by atoms with Gasteiger partial charge in [-0.25, -0.2) is 4.98 Å². The minimum atomic E-state index is 0.399. The van der Waals surface area contributed by atoms with Gasteiger partial charge in [0.15, 0.2) is 0 Å². The molecule has 1 aromatic heterocycles. The fraction of sp³-hybridized carbons (Fsp3) is 0.500. The minimum absolute atomic E-state index is 0.399. The molecule has 9 heavy (non-hydrogen) atoms. The molecular weight excluding hydrogens is 132 g/mol. The Labute approximate surface area is 57.7 Å². The molecule has 1 aliphatic rings. The standard InChI is InChI=1S/C6H8N2S/c7-5-3-4(5)6-8-1-2-9-6/h1-2,4-5H,3,7H2/t4-,5+/m0/s1. The molecule has 0 spiro atoms. The highest BCUT2D eigenvalue weighted by Crippen LogP contribution is 2.39. The second kappa shape index (κ2) is 1.78. The third-order valence-corrected chi connectivity index (χ3v) is 2.52. The summed E-state index contributed by atoms with van der Waals surface area (Å²) < 4.78 is 0. The van der Waals surface area contributed by atoms with E-state index in [4.69, 9.17) is 5.73 Å². The molecule has 0 radical (unpaired) electrons. The maximum Gasteiger partial charge on any atom is 0.0971 e. The molecule has 2 N–H and O–H groups in total. The summed E-state index contributed by atoms with van der Waals surface area (Å²) in [6.45, 7) is 0. The molecule has 2 rings (SSSR count). The Morgan fingerprint density at radius 2 is 2.56 bits per heavy atom. The zero-order chi connectivity index (χ0) is 6.27. The predicted molar refractivity (Wildman–Crippen MR) is 37.4 cm³/mol. The van der Waals surface area contributed by atoms with Crippen molar-refractivity contribution in [3.05, 3.63) is 16.6 Å². The van der Waals surface area contributed by atoms with Crippen LogP contribution in [0, 0.1) is 0 Å². The molecule has 2 nitrogen and oxygen atoms in total. The van der Waals surface area contributed by atoms with E-state index in [1.807, 2.05) is 11.6 Å². The molecule has 3 heteroatoms. The fourth-order valence-electron chi connectivity index (χ4n) is 0.916. The highest BCUT2D eigenvalue weighted by Gasteiger charge is 2.36. The minimum Gasteiger partial charge on any atom is -0.327 e. The van der Waals surface area contributed by atoms with Gasteiger partial charge in [-0.15, -0.1) is 11.3 Å². The first-order valence-corrected chi connectivity index (χ1v) is 3.91. The Kier molecular flexibility index (Phi) is 1.07. The molecular formula is C6H8N2S. The Balaban J connectivity index is 2.18. The summed E-state index contributed by atoms with van der Waals surface area (Å²) in [5, 5.41) is 3.21. The Bertz CT molecular complexity index is 195. The zero-order valence-electron chi connectivity index (χ0n) is 4.95. The van der Waals surface area contributed by atoms with Crippen LogP contribution in [0.15, 0.2) is 11.6 Å². The second-order valence-electron chi connectivity index (χ2n) is 2.38. The molecule has 1 aromatic rings. The summed E-state index contributed by atoms with van der Waals surface area (Å²) in [6, 6.07) is 0.399. The van der Waals surface area contributed by atoms with Gasteiger partial charge in [-0.1, -0.05) is 0 Å². The second-order valence-corrected chi connectivity index (χ2v) is 3.30. The van der Waals surface area contributed by atoms with Crippen LogP contribution >= 0.6 is 11.3 Å². The van der Waals surface area contributed by atoms with Crippen LogP contribution in [0.25, 0.3) is 0 Å². The summed E-state index contributed by atoms with van der Waals surface area (Å²) in [7, 11) is 0. The normalized spacial score (nSPS) is 32.6. The van der Waals surface area contributed by atoms with E-state index in [-0.39, 0.29) is 0 Å². The monoisotopic (exact) mass is 140 g/mol. The van der Waals surface area contributed by atoms with E-state index in [2.05, 4.69) is 4.98 Å². The first-order valence-electron chi connectivity index (χ1n) is 3.03. The van der Waals surface area contributed by atoms with E-state index in [0.29, 0.717) is 12.0 Å². The molecule has 1 heterocycles. The van der Waals surface area contributed by atoms with Gasteiger partial charge in [-0.05, 0) is 6.42 Å². The lowest BCUT2D eigenvalue weighted by Crippen LogP contribution is -2.00. The van der Waals surface area contributed by atoms with Crippen LogP contribution < -0.4 is 5.73 Å². The lowest BCUT2D eigenvalue weighted by Gasteiger charge is -1.84. The fourth-order valence-corrected chi connectivity index (χ4v) is 1.74. The number of nitrogens with two attached hydrogens (primary N) is 1. The highest BCUT2D eigenvalue weighted by molar-refractivity contribution is 7.09. The van der Waals surface area contributed by atoms with Crippen molar-refractivity contribution in [1.29, 1.82) is 0 Å². The van der Waals surface area contributed by atoms with Gasteiger partial charge in [0.1, 0.15) is 0 Å². The van der Waals surface area contributed by atoms with Gasteiger partial charge in [-0.2, -0.15) is 0 Å². The number of rotatable bonds is 1. The Morgan fingerprint density at radius 3 is 3.00 bits per heavy atom. The van der Waals surface area contributed by atoms with E-state index in [0.717, 1.165) is 6.42 Å². The number of hydrogen-bond acceptors (Lipinski definition) is 3. The molecule has 0 amide bonds. The number of hydrogen-bond donors (Lipinski definition) is 1. The van der Waals surface area contributed by atoms with Crippen molar-refractivity contribution in [2.45, 2.75) is 18.4 Å². The van der Waals surface area contributed by atoms with Gasteiger partial charge >= 0.3 is 0 Å². The molecule has 2 atom stereocenters. The summed E-state index contributed by atoms with van der Waals surface area (Å²) in [4.78, 5) is 4.17. The first kappa shape index (κ1) is 5.38. The van der Waals surface area contributed by atoms with Crippen LogP contribution in [-0.4, -0.2) is 11.0 Å². The van der Waals surface area contributed by atoms with Gasteiger partial charge in [0, 0.05) is 23.5 Å². The topological polar surface area (TPSA) is 38.9 Å². The van der Waals surface area contributed by atoms with E-state index in [1.165, 1.54) is 5.01 Å². The molecule has 1 aliphatic carbocycles. The molecule has 0 saturated heterocycles. The molecule has 0 bridgehead atoms. The summed E-state index contributed by atoms with van der Waals surface area (Å²) in [6.07, 6.45) is 2.97. The van der Waals surface area contributed by atoms with Crippen molar-refractivity contribution < 1.29 is 0 Å². The van der Waals surface area contributed by atoms with Gasteiger partial charge in [0.05, 0.1) is 5.01 Å². The molecule has 0 aliphatic heterocycles. The van der Waals surface area contributed by atoms with E-state index >= 15 is 0 Å². The largest absolute Gasteiger partial charge is 0.327 e. The van der Waals surface area contributed by atoms with Crippen molar-refractivity contribution in [2.75, 3.05) is 0 Å². The summed E-state index contributed by atoms with van der Waals surface area (Å²) in [5.41, 5.74) is 5.62. The number of thiazole rings is 1. The lowest BCUT2D eigenvalue weighted by atomic mass is 10.4. The van der Waals surface area contributed by atoms with Crippen LogP contribution in [0.4, 0.5) is 0 Å². The maximum absolute atomic E-state index is 5.62. The summed E-state index contributed by atoms with van der Waals surface area (Å²) in [5.74, 6) is 0.588. The Morgan fingerprint density at radius 1 is 1.78 bits per heavy atom. The maximum atomic E-state index is 5.62. The summed E-state index contributed by atoms with van der Waals surface area (Å²) >= 11 is 1.71. The van der Waals surface area contributed by atoms with Crippen LogP contribution in [0.3, 0.4) is 0 Å². The predicted octanol–water partition coefficient (Wildman–Crippen LogP) is 0.958. The van der Waals surface area contributed by atoms with Crippen molar-refractivity contribution in [2.24, 2.45) is 5.73 Å².